The van der Waals surface area contributed by atoms with Crippen molar-refractivity contribution in [1.29, 1.82) is 0 Å². The van der Waals surface area contributed by atoms with E-state index in [0.717, 1.165) is 24.8 Å². The maximum atomic E-state index is 9.36. The van der Waals surface area contributed by atoms with Gasteiger partial charge in [-0.3, -0.25) is 0 Å². The van der Waals surface area contributed by atoms with E-state index in [1.165, 1.54) is 11.1 Å². The van der Waals surface area contributed by atoms with Crippen LogP contribution in [0.3, 0.4) is 0 Å². The second-order valence-electron chi connectivity index (χ2n) is 4.90. The maximum Gasteiger partial charge on any atom is 0.0719 e. The minimum absolute atomic E-state index is 0.321. The van der Waals surface area contributed by atoms with Crippen molar-refractivity contribution >= 4 is 0 Å². The molecule has 0 saturated carbocycles. The number of rotatable bonds is 6. The van der Waals surface area contributed by atoms with Gasteiger partial charge in [-0.05, 0) is 51.2 Å². The molecule has 1 heteroatoms. The Morgan fingerprint density at radius 2 is 1.83 bits per heavy atom. The van der Waals surface area contributed by atoms with Crippen molar-refractivity contribution in [1.82, 2.24) is 0 Å². The molecule has 1 unspecified atom stereocenters. The van der Waals surface area contributed by atoms with Gasteiger partial charge in [-0.1, -0.05) is 48.1 Å². The first-order chi connectivity index (χ1) is 8.59. The highest BCUT2D eigenvalue weighted by Gasteiger charge is 1.97. The van der Waals surface area contributed by atoms with Gasteiger partial charge in [0, 0.05) is 0 Å². The molecule has 0 aliphatic rings. The summed E-state index contributed by atoms with van der Waals surface area (Å²) in [6.45, 7) is 5.96. The zero-order chi connectivity index (χ0) is 13.4. The Morgan fingerprint density at radius 3 is 2.44 bits per heavy atom. The summed E-state index contributed by atoms with van der Waals surface area (Å²) in [5.74, 6) is 0. The molecule has 1 nitrogen and oxygen atoms in total. The summed E-state index contributed by atoms with van der Waals surface area (Å²) in [5.41, 5.74) is 3.83. The van der Waals surface area contributed by atoms with Gasteiger partial charge in [0.15, 0.2) is 0 Å². The first kappa shape index (κ1) is 14.7. The van der Waals surface area contributed by atoms with Crippen LogP contribution in [0.2, 0.25) is 0 Å². The van der Waals surface area contributed by atoms with E-state index < -0.39 is 0 Å². The van der Waals surface area contributed by atoms with Crippen LogP contribution in [-0.4, -0.2) is 11.2 Å². The molecule has 0 aliphatic carbocycles. The predicted molar refractivity (Wildman–Crippen MR) is 78.6 cm³/mol. The Labute approximate surface area is 111 Å². The molecule has 1 N–H and O–H groups in total. The first-order valence-electron chi connectivity index (χ1n) is 6.64. The molecule has 1 atom stereocenters. The topological polar surface area (TPSA) is 20.2 Å². The maximum absolute atomic E-state index is 9.36. The minimum Gasteiger partial charge on any atom is -0.389 e. The lowest BCUT2D eigenvalue weighted by Gasteiger charge is -2.04. The molecular formula is C17H24O. The van der Waals surface area contributed by atoms with Gasteiger partial charge in [-0.25, -0.2) is 0 Å². The Morgan fingerprint density at radius 1 is 1.17 bits per heavy atom. The van der Waals surface area contributed by atoms with E-state index in [1.54, 1.807) is 0 Å². The molecule has 18 heavy (non-hydrogen) atoms. The molecular weight excluding hydrogens is 220 g/mol. The summed E-state index contributed by atoms with van der Waals surface area (Å²) in [6.07, 6.45) is 7.18. The SMILES string of the molecule is C/C(=C\Cc1ccccc1)CC/C=C(\C)C(C)O. The van der Waals surface area contributed by atoms with Gasteiger partial charge in [-0.15, -0.1) is 0 Å². The standard InChI is InChI=1S/C17H24O/c1-14(8-7-9-15(2)16(3)18)12-13-17-10-5-4-6-11-17/h4-6,9-12,16,18H,7-8,13H2,1-3H3/b14-12+,15-9+. The van der Waals surface area contributed by atoms with Crippen molar-refractivity contribution in [3.63, 3.8) is 0 Å². The fourth-order valence-corrected chi connectivity index (χ4v) is 1.71. The zero-order valence-electron chi connectivity index (χ0n) is 11.7. The van der Waals surface area contributed by atoms with Gasteiger partial charge in [-0.2, -0.15) is 0 Å². The van der Waals surface area contributed by atoms with Crippen molar-refractivity contribution in [2.45, 2.75) is 46.1 Å². The molecule has 0 aromatic heterocycles. The predicted octanol–water partition coefficient (Wildman–Crippen LogP) is 4.28. The van der Waals surface area contributed by atoms with E-state index in [-0.39, 0.29) is 6.10 Å². The summed E-state index contributed by atoms with van der Waals surface area (Å²) < 4.78 is 0. The Bertz CT molecular complexity index is 399. The van der Waals surface area contributed by atoms with Crippen molar-refractivity contribution in [2.75, 3.05) is 0 Å². The molecule has 98 valence electrons. The number of aliphatic hydroxyl groups is 1. The molecule has 1 aromatic rings. The molecule has 0 radical (unpaired) electrons. The second-order valence-corrected chi connectivity index (χ2v) is 4.90. The summed E-state index contributed by atoms with van der Waals surface area (Å²) in [6, 6.07) is 10.5. The molecule has 1 aromatic carbocycles. The third-order valence-electron chi connectivity index (χ3n) is 3.19. The summed E-state index contributed by atoms with van der Waals surface area (Å²) in [5, 5.41) is 9.36. The van der Waals surface area contributed by atoms with Crippen molar-refractivity contribution in [3.8, 4) is 0 Å². The number of aliphatic hydroxyl groups excluding tert-OH is 1. The number of benzene rings is 1. The molecule has 0 amide bonds. The zero-order valence-corrected chi connectivity index (χ0v) is 11.7. The lowest BCUT2D eigenvalue weighted by Crippen LogP contribution is -2.00. The second kappa shape index (κ2) is 7.88. The lowest BCUT2D eigenvalue weighted by molar-refractivity contribution is 0.231. The van der Waals surface area contributed by atoms with E-state index in [2.05, 4.69) is 43.3 Å². The summed E-state index contributed by atoms with van der Waals surface area (Å²) in [7, 11) is 0. The van der Waals surface area contributed by atoms with Gasteiger partial charge in [0.25, 0.3) is 0 Å². The number of hydrogen-bond donors (Lipinski definition) is 1. The van der Waals surface area contributed by atoms with Crippen LogP contribution in [0.4, 0.5) is 0 Å². The molecule has 0 aliphatic heterocycles. The van der Waals surface area contributed by atoms with Crippen molar-refractivity contribution in [3.05, 3.63) is 59.2 Å². The molecule has 0 spiro atoms. The van der Waals surface area contributed by atoms with E-state index in [0.29, 0.717) is 0 Å². The monoisotopic (exact) mass is 244 g/mol. The van der Waals surface area contributed by atoms with Crippen LogP contribution >= 0.6 is 0 Å². The highest BCUT2D eigenvalue weighted by atomic mass is 16.3. The highest BCUT2D eigenvalue weighted by Crippen LogP contribution is 2.10. The van der Waals surface area contributed by atoms with Crippen LogP contribution < -0.4 is 0 Å². The third-order valence-corrected chi connectivity index (χ3v) is 3.19. The average molecular weight is 244 g/mol. The quantitative estimate of drug-likeness (QED) is 0.740. The van der Waals surface area contributed by atoms with Crippen molar-refractivity contribution < 1.29 is 5.11 Å². The Balaban J connectivity index is 2.37. The first-order valence-corrected chi connectivity index (χ1v) is 6.64. The average Bonchev–Trinajstić information content (AvgIpc) is 2.37. The van der Waals surface area contributed by atoms with Crippen LogP contribution in [0.1, 0.15) is 39.2 Å². The van der Waals surface area contributed by atoms with Crippen LogP contribution in [0.5, 0.6) is 0 Å². The largest absolute Gasteiger partial charge is 0.389 e. The van der Waals surface area contributed by atoms with E-state index >= 15 is 0 Å². The van der Waals surface area contributed by atoms with Gasteiger partial charge in [0.05, 0.1) is 6.10 Å². The third kappa shape index (κ3) is 5.83. The van der Waals surface area contributed by atoms with Crippen molar-refractivity contribution in [2.24, 2.45) is 0 Å². The Kier molecular flexibility index (Phi) is 6.45. The Hall–Kier alpha value is -1.34. The fraction of sp³-hybridized carbons (Fsp3) is 0.412. The molecule has 0 saturated heterocycles. The molecule has 1 rings (SSSR count). The van der Waals surface area contributed by atoms with Gasteiger partial charge >= 0.3 is 0 Å². The van der Waals surface area contributed by atoms with Crippen LogP contribution in [-0.2, 0) is 6.42 Å². The van der Waals surface area contributed by atoms with Gasteiger partial charge < -0.3 is 5.11 Å². The number of allylic oxidation sites excluding steroid dienone is 3. The molecule has 0 heterocycles. The lowest BCUT2D eigenvalue weighted by atomic mass is 10.1. The van der Waals surface area contributed by atoms with Gasteiger partial charge in [0.1, 0.15) is 0 Å². The fourth-order valence-electron chi connectivity index (χ4n) is 1.71. The summed E-state index contributed by atoms with van der Waals surface area (Å²) >= 11 is 0. The van der Waals surface area contributed by atoms with Crippen LogP contribution in [0.25, 0.3) is 0 Å². The highest BCUT2D eigenvalue weighted by molar-refractivity contribution is 5.19. The summed E-state index contributed by atoms with van der Waals surface area (Å²) in [4.78, 5) is 0. The van der Waals surface area contributed by atoms with Crippen LogP contribution in [0.15, 0.2) is 53.6 Å². The molecule has 0 bridgehead atoms. The van der Waals surface area contributed by atoms with E-state index in [4.69, 9.17) is 0 Å². The normalized spacial score (nSPS) is 14.7. The van der Waals surface area contributed by atoms with E-state index in [9.17, 15) is 5.11 Å². The number of hydrogen-bond acceptors (Lipinski definition) is 1. The molecule has 0 fully saturated rings. The minimum atomic E-state index is -0.321. The van der Waals surface area contributed by atoms with Gasteiger partial charge in [0.2, 0.25) is 0 Å². The van der Waals surface area contributed by atoms with Crippen LogP contribution in [0, 0.1) is 0 Å². The van der Waals surface area contributed by atoms with E-state index in [1.807, 2.05) is 19.9 Å². The smallest absolute Gasteiger partial charge is 0.0719 e.